The maximum Gasteiger partial charge on any atom is 0.321 e. The maximum atomic E-state index is 13.8. The quantitative estimate of drug-likeness (QED) is 0.852. The highest BCUT2D eigenvalue weighted by Gasteiger charge is 2.21. The van der Waals surface area contributed by atoms with E-state index in [0.29, 0.717) is 19.0 Å². The second-order valence-electron chi connectivity index (χ2n) is 6.81. The largest absolute Gasteiger partial charge is 0.323 e. The van der Waals surface area contributed by atoms with Crippen LogP contribution in [0.4, 0.5) is 19.3 Å². The first-order valence-corrected chi connectivity index (χ1v) is 8.61. The van der Waals surface area contributed by atoms with Gasteiger partial charge in [0.05, 0.1) is 5.69 Å². The fourth-order valence-electron chi connectivity index (χ4n) is 3.06. The molecule has 24 heavy (non-hydrogen) atoms. The van der Waals surface area contributed by atoms with Crippen LogP contribution in [-0.2, 0) is 0 Å². The molecule has 1 aliphatic rings. The summed E-state index contributed by atoms with van der Waals surface area (Å²) in [7, 11) is 3.91. The third-order valence-electron chi connectivity index (χ3n) is 4.48. The zero-order valence-corrected chi connectivity index (χ0v) is 14.5. The molecule has 2 rings (SSSR count). The Balaban J connectivity index is 2.01. The van der Waals surface area contributed by atoms with Crippen LogP contribution in [0, 0.1) is 17.6 Å². The van der Waals surface area contributed by atoms with E-state index >= 15 is 0 Å². The summed E-state index contributed by atoms with van der Waals surface area (Å²) in [6.45, 7) is 2.01. The lowest BCUT2D eigenvalue weighted by atomic mass is 9.89. The molecule has 1 aromatic carbocycles. The van der Waals surface area contributed by atoms with Crippen LogP contribution in [0.3, 0.4) is 0 Å². The van der Waals surface area contributed by atoms with Gasteiger partial charge in [-0.3, -0.25) is 0 Å². The van der Waals surface area contributed by atoms with Gasteiger partial charge in [-0.2, -0.15) is 0 Å². The molecule has 0 saturated heterocycles. The van der Waals surface area contributed by atoms with Crippen molar-refractivity contribution < 1.29 is 13.6 Å². The lowest BCUT2D eigenvalue weighted by Crippen LogP contribution is -2.42. The molecule has 0 atom stereocenters. The summed E-state index contributed by atoms with van der Waals surface area (Å²) in [6, 6.07) is 2.85. The van der Waals surface area contributed by atoms with Crippen LogP contribution in [-0.4, -0.2) is 49.6 Å². The number of nitrogens with one attached hydrogen (secondary N) is 1. The number of carbonyl (C=O) groups is 1. The Labute approximate surface area is 142 Å². The van der Waals surface area contributed by atoms with E-state index in [-0.39, 0.29) is 11.7 Å². The van der Waals surface area contributed by atoms with E-state index in [1.54, 1.807) is 4.90 Å². The molecule has 6 heteroatoms. The third kappa shape index (κ3) is 5.74. The summed E-state index contributed by atoms with van der Waals surface area (Å²) < 4.78 is 26.8. The topological polar surface area (TPSA) is 35.6 Å². The number of urea groups is 1. The first kappa shape index (κ1) is 18.6. The Kier molecular flexibility index (Phi) is 6.97. The normalized spacial score (nSPS) is 15.5. The Morgan fingerprint density at radius 1 is 1.17 bits per heavy atom. The number of amides is 2. The van der Waals surface area contributed by atoms with Crippen LogP contribution < -0.4 is 5.32 Å². The number of hydrogen-bond donors (Lipinski definition) is 1. The Bertz CT molecular complexity index is 545. The van der Waals surface area contributed by atoms with Gasteiger partial charge < -0.3 is 15.1 Å². The molecule has 0 bridgehead atoms. The molecule has 2 amide bonds. The molecular formula is C18H27F2N3O. The third-order valence-corrected chi connectivity index (χ3v) is 4.48. The van der Waals surface area contributed by atoms with Gasteiger partial charge in [-0.15, -0.1) is 0 Å². The summed E-state index contributed by atoms with van der Waals surface area (Å²) >= 11 is 0. The summed E-state index contributed by atoms with van der Waals surface area (Å²) in [4.78, 5) is 16.3. The Morgan fingerprint density at radius 2 is 1.88 bits per heavy atom. The molecule has 1 aliphatic carbocycles. The Morgan fingerprint density at radius 3 is 2.50 bits per heavy atom. The highest BCUT2D eigenvalue weighted by Crippen LogP contribution is 2.25. The average molecular weight is 339 g/mol. The lowest BCUT2D eigenvalue weighted by molar-refractivity contribution is 0.183. The molecule has 134 valence electrons. The van der Waals surface area contributed by atoms with Gasteiger partial charge in [0.2, 0.25) is 0 Å². The monoisotopic (exact) mass is 339 g/mol. The van der Waals surface area contributed by atoms with Gasteiger partial charge in [-0.05, 0) is 45.0 Å². The van der Waals surface area contributed by atoms with Gasteiger partial charge in [0, 0.05) is 25.7 Å². The van der Waals surface area contributed by atoms with Crippen LogP contribution in [0.2, 0.25) is 0 Å². The molecule has 0 spiro atoms. The molecule has 1 saturated carbocycles. The van der Waals surface area contributed by atoms with Gasteiger partial charge >= 0.3 is 6.03 Å². The van der Waals surface area contributed by atoms with E-state index in [9.17, 15) is 13.6 Å². The standard InChI is InChI=1S/C18H27F2N3O/c1-22(2)10-11-23(13-14-6-4-3-5-7-14)18(24)21-17-9-8-15(19)12-16(17)20/h8-9,12,14H,3-7,10-11,13H2,1-2H3,(H,21,24). The zero-order valence-electron chi connectivity index (χ0n) is 14.5. The second kappa shape index (κ2) is 8.97. The fraction of sp³-hybridized carbons (Fsp3) is 0.611. The van der Waals surface area contributed by atoms with Gasteiger partial charge in [-0.1, -0.05) is 19.3 Å². The van der Waals surface area contributed by atoms with Gasteiger partial charge in [0.15, 0.2) is 0 Å². The zero-order chi connectivity index (χ0) is 17.5. The number of likely N-dealkylation sites (N-methyl/N-ethyl adjacent to an activating group) is 1. The highest BCUT2D eigenvalue weighted by atomic mass is 19.1. The van der Waals surface area contributed by atoms with Crippen molar-refractivity contribution in [2.45, 2.75) is 32.1 Å². The minimum Gasteiger partial charge on any atom is -0.323 e. The number of anilines is 1. The minimum absolute atomic E-state index is 0.0138. The van der Waals surface area contributed by atoms with Gasteiger partial charge in [-0.25, -0.2) is 13.6 Å². The van der Waals surface area contributed by atoms with E-state index in [1.807, 2.05) is 19.0 Å². The van der Waals surface area contributed by atoms with E-state index in [4.69, 9.17) is 0 Å². The predicted molar refractivity (Wildman–Crippen MR) is 92.1 cm³/mol. The summed E-state index contributed by atoms with van der Waals surface area (Å²) in [6.07, 6.45) is 5.95. The summed E-state index contributed by atoms with van der Waals surface area (Å²) in [5.74, 6) is -0.907. The molecule has 0 unspecified atom stereocenters. The molecule has 0 aliphatic heterocycles. The molecule has 0 radical (unpaired) electrons. The Hall–Kier alpha value is -1.69. The van der Waals surface area contributed by atoms with Crippen molar-refractivity contribution in [1.82, 2.24) is 9.80 Å². The van der Waals surface area contributed by atoms with E-state index in [1.165, 1.54) is 25.3 Å². The molecule has 4 nitrogen and oxygen atoms in total. The molecule has 1 fully saturated rings. The highest BCUT2D eigenvalue weighted by molar-refractivity contribution is 5.89. The van der Waals surface area contributed by atoms with Crippen molar-refractivity contribution in [1.29, 1.82) is 0 Å². The van der Waals surface area contributed by atoms with Crippen LogP contribution in [0.1, 0.15) is 32.1 Å². The van der Waals surface area contributed by atoms with E-state index < -0.39 is 11.6 Å². The fourth-order valence-corrected chi connectivity index (χ4v) is 3.06. The number of carbonyl (C=O) groups excluding carboxylic acids is 1. The summed E-state index contributed by atoms with van der Waals surface area (Å²) in [5.41, 5.74) is 0.0138. The molecule has 1 aromatic rings. The van der Waals surface area contributed by atoms with Gasteiger partial charge in [0.1, 0.15) is 11.6 Å². The summed E-state index contributed by atoms with van der Waals surface area (Å²) in [5, 5.41) is 2.58. The van der Waals surface area contributed by atoms with Gasteiger partial charge in [0.25, 0.3) is 0 Å². The molecular weight excluding hydrogens is 312 g/mol. The maximum absolute atomic E-state index is 13.8. The van der Waals surface area contributed by atoms with Crippen LogP contribution in [0.15, 0.2) is 18.2 Å². The van der Waals surface area contributed by atoms with Crippen LogP contribution in [0.5, 0.6) is 0 Å². The first-order chi connectivity index (χ1) is 11.5. The van der Waals surface area contributed by atoms with Crippen LogP contribution >= 0.6 is 0 Å². The van der Waals surface area contributed by atoms with E-state index in [0.717, 1.165) is 31.5 Å². The van der Waals surface area contributed by atoms with Crippen molar-refractivity contribution in [3.8, 4) is 0 Å². The first-order valence-electron chi connectivity index (χ1n) is 8.61. The number of benzene rings is 1. The van der Waals surface area contributed by atoms with Crippen molar-refractivity contribution in [3.05, 3.63) is 29.8 Å². The minimum atomic E-state index is -0.756. The van der Waals surface area contributed by atoms with Crippen molar-refractivity contribution >= 4 is 11.7 Å². The predicted octanol–water partition coefficient (Wildman–Crippen LogP) is 3.94. The molecule has 0 aromatic heterocycles. The molecule has 1 N–H and O–H groups in total. The van der Waals surface area contributed by atoms with Crippen molar-refractivity contribution in [2.75, 3.05) is 39.0 Å². The van der Waals surface area contributed by atoms with E-state index in [2.05, 4.69) is 5.32 Å². The second-order valence-corrected chi connectivity index (χ2v) is 6.81. The average Bonchev–Trinajstić information content (AvgIpc) is 2.54. The van der Waals surface area contributed by atoms with Crippen molar-refractivity contribution in [3.63, 3.8) is 0 Å². The number of nitrogens with zero attached hydrogens (tertiary/aromatic N) is 2. The smallest absolute Gasteiger partial charge is 0.321 e. The number of rotatable bonds is 6. The van der Waals surface area contributed by atoms with Crippen molar-refractivity contribution in [2.24, 2.45) is 5.92 Å². The SMILES string of the molecule is CN(C)CCN(CC1CCCCC1)C(=O)Nc1ccc(F)cc1F. The van der Waals surface area contributed by atoms with Crippen LogP contribution in [0.25, 0.3) is 0 Å². The number of halogens is 2. The lowest BCUT2D eigenvalue weighted by Gasteiger charge is -2.30. The molecule has 0 heterocycles. The number of hydrogen-bond acceptors (Lipinski definition) is 2.